The second kappa shape index (κ2) is 3.80. The zero-order chi connectivity index (χ0) is 9.97. The number of aromatic nitrogens is 1. The van der Waals surface area contributed by atoms with E-state index in [1.807, 2.05) is 30.5 Å². The van der Waals surface area contributed by atoms with E-state index in [1.165, 1.54) is 0 Å². The van der Waals surface area contributed by atoms with Crippen LogP contribution in [0.3, 0.4) is 0 Å². The highest BCUT2D eigenvalue weighted by molar-refractivity contribution is 5.83. The molecule has 0 aliphatic rings. The third-order valence-corrected chi connectivity index (χ3v) is 2.41. The Morgan fingerprint density at radius 1 is 1.29 bits per heavy atom. The molecule has 0 amide bonds. The molecule has 0 saturated carbocycles. The van der Waals surface area contributed by atoms with Crippen LogP contribution < -0.4 is 5.73 Å². The SMILES string of the molecule is NCCc1cn(CF)c2ccccc12. The first kappa shape index (κ1) is 9.21. The molecule has 74 valence electrons. The van der Waals surface area contributed by atoms with Gasteiger partial charge in [-0.1, -0.05) is 18.2 Å². The maximum Gasteiger partial charge on any atom is 0.165 e. The van der Waals surface area contributed by atoms with Crippen molar-refractivity contribution in [2.75, 3.05) is 6.54 Å². The Kier molecular flexibility index (Phi) is 2.50. The van der Waals surface area contributed by atoms with E-state index in [2.05, 4.69) is 0 Å². The Morgan fingerprint density at radius 3 is 2.79 bits per heavy atom. The number of para-hydroxylation sites is 1. The normalized spacial score (nSPS) is 11.0. The molecule has 0 atom stereocenters. The molecule has 0 fully saturated rings. The van der Waals surface area contributed by atoms with E-state index in [-0.39, 0.29) is 0 Å². The van der Waals surface area contributed by atoms with Crippen molar-refractivity contribution in [2.45, 2.75) is 13.2 Å². The summed E-state index contributed by atoms with van der Waals surface area (Å²) in [6, 6.07) is 7.81. The topological polar surface area (TPSA) is 30.9 Å². The van der Waals surface area contributed by atoms with Gasteiger partial charge in [0, 0.05) is 11.6 Å². The van der Waals surface area contributed by atoms with Gasteiger partial charge in [0.2, 0.25) is 0 Å². The molecule has 2 rings (SSSR count). The summed E-state index contributed by atoms with van der Waals surface area (Å²) < 4.78 is 14.3. The number of hydrogen-bond acceptors (Lipinski definition) is 1. The van der Waals surface area contributed by atoms with Crippen molar-refractivity contribution < 1.29 is 4.39 Å². The zero-order valence-electron chi connectivity index (χ0n) is 7.91. The molecule has 0 unspecified atom stereocenters. The molecule has 0 aliphatic carbocycles. The van der Waals surface area contributed by atoms with Gasteiger partial charge >= 0.3 is 0 Å². The highest BCUT2D eigenvalue weighted by Gasteiger charge is 2.06. The van der Waals surface area contributed by atoms with Gasteiger partial charge in [-0.25, -0.2) is 4.39 Å². The fourth-order valence-corrected chi connectivity index (χ4v) is 1.78. The lowest BCUT2D eigenvalue weighted by Crippen LogP contribution is -2.01. The molecule has 0 saturated heterocycles. The first-order chi connectivity index (χ1) is 6.86. The van der Waals surface area contributed by atoms with Gasteiger partial charge < -0.3 is 10.3 Å². The predicted octanol–water partition coefficient (Wildman–Crippen LogP) is 2.07. The molecule has 0 bridgehead atoms. The maximum absolute atomic E-state index is 12.6. The van der Waals surface area contributed by atoms with Crippen LogP contribution in [0.4, 0.5) is 4.39 Å². The van der Waals surface area contributed by atoms with Crippen LogP contribution in [0, 0.1) is 0 Å². The zero-order valence-corrected chi connectivity index (χ0v) is 7.91. The summed E-state index contributed by atoms with van der Waals surface area (Å²) >= 11 is 0. The predicted molar refractivity (Wildman–Crippen MR) is 55.8 cm³/mol. The van der Waals surface area contributed by atoms with E-state index in [0.717, 1.165) is 22.9 Å². The number of benzene rings is 1. The number of hydrogen-bond donors (Lipinski definition) is 1. The minimum absolute atomic E-state index is 0.481. The standard InChI is InChI=1S/C11H13FN2/c12-8-14-7-9(5-6-13)10-3-1-2-4-11(10)14/h1-4,7H,5-6,8,13H2. The van der Waals surface area contributed by atoms with Gasteiger partial charge in [-0.05, 0) is 24.6 Å². The molecular formula is C11H13FN2. The highest BCUT2D eigenvalue weighted by atomic mass is 19.1. The Labute approximate surface area is 82.1 Å². The Bertz CT molecular complexity index is 434. The number of nitrogens with two attached hydrogens (primary N) is 1. The summed E-state index contributed by atoms with van der Waals surface area (Å²) in [4.78, 5) is 0. The van der Waals surface area contributed by atoms with Gasteiger partial charge in [0.05, 0.1) is 5.52 Å². The van der Waals surface area contributed by atoms with Crippen LogP contribution in [0.1, 0.15) is 5.56 Å². The van der Waals surface area contributed by atoms with Crippen molar-refractivity contribution >= 4 is 10.9 Å². The Morgan fingerprint density at radius 2 is 2.07 bits per heavy atom. The lowest BCUT2D eigenvalue weighted by molar-refractivity contribution is 0.385. The minimum atomic E-state index is -0.481. The van der Waals surface area contributed by atoms with Crippen molar-refractivity contribution in [3.63, 3.8) is 0 Å². The van der Waals surface area contributed by atoms with Crippen LogP contribution in [-0.2, 0) is 13.2 Å². The molecule has 1 aromatic carbocycles. The Balaban J connectivity index is 2.61. The molecule has 3 heteroatoms. The second-order valence-electron chi connectivity index (χ2n) is 3.30. The first-order valence-corrected chi connectivity index (χ1v) is 4.69. The summed E-state index contributed by atoms with van der Waals surface area (Å²) in [5, 5.41) is 1.11. The van der Waals surface area contributed by atoms with E-state index >= 15 is 0 Å². The van der Waals surface area contributed by atoms with Crippen LogP contribution in [0.5, 0.6) is 0 Å². The van der Waals surface area contributed by atoms with E-state index < -0.39 is 6.80 Å². The van der Waals surface area contributed by atoms with E-state index in [1.54, 1.807) is 4.57 Å². The average molecular weight is 192 g/mol. The highest BCUT2D eigenvalue weighted by Crippen LogP contribution is 2.21. The molecule has 0 aliphatic heterocycles. The van der Waals surface area contributed by atoms with E-state index in [9.17, 15) is 4.39 Å². The molecule has 1 heterocycles. The molecule has 2 aromatic rings. The number of alkyl halides is 1. The fourth-order valence-electron chi connectivity index (χ4n) is 1.78. The largest absolute Gasteiger partial charge is 0.330 e. The molecule has 2 N–H and O–H groups in total. The minimum Gasteiger partial charge on any atom is -0.330 e. The smallest absolute Gasteiger partial charge is 0.165 e. The van der Waals surface area contributed by atoms with Crippen LogP contribution in [0.25, 0.3) is 10.9 Å². The van der Waals surface area contributed by atoms with Gasteiger partial charge in [-0.3, -0.25) is 0 Å². The van der Waals surface area contributed by atoms with E-state index in [0.29, 0.717) is 6.54 Å². The maximum atomic E-state index is 12.6. The number of nitrogens with zero attached hydrogens (tertiary/aromatic N) is 1. The van der Waals surface area contributed by atoms with Gasteiger partial charge in [0.1, 0.15) is 0 Å². The lowest BCUT2D eigenvalue weighted by atomic mass is 10.1. The molecule has 2 nitrogen and oxygen atoms in total. The van der Waals surface area contributed by atoms with Crippen LogP contribution in [0.2, 0.25) is 0 Å². The monoisotopic (exact) mass is 192 g/mol. The third kappa shape index (κ3) is 1.40. The molecule has 14 heavy (non-hydrogen) atoms. The second-order valence-corrected chi connectivity index (χ2v) is 3.30. The summed E-state index contributed by atoms with van der Waals surface area (Å²) in [6.07, 6.45) is 2.64. The van der Waals surface area contributed by atoms with Crippen LogP contribution >= 0.6 is 0 Å². The van der Waals surface area contributed by atoms with Crippen molar-refractivity contribution in [1.29, 1.82) is 0 Å². The van der Waals surface area contributed by atoms with Crippen molar-refractivity contribution in [3.05, 3.63) is 36.0 Å². The molecule has 0 radical (unpaired) electrons. The van der Waals surface area contributed by atoms with Gasteiger partial charge in [-0.2, -0.15) is 0 Å². The summed E-state index contributed by atoms with van der Waals surface area (Å²) in [6.45, 7) is 0.116. The fraction of sp³-hybridized carbons (Fsp3) is 0.273. The molecule has 1 aromatic heterocycles. The average Bonchev–Trinajstić information content (AvgIpc) is 2.58. The summed E-state index contributed by atoms with van der Waals surface area (Å²) in [5.41, 5.74) is 7.57. The summed E-state index contributed by atoms with van der Waals surface area (Å²) in [7, 11) is 0. The molecular weight excluding hydrogens is 179 g/mol. The van der Waals surface area contributed by atoms with E-state index in [4.69, 9.17) is 5.73 Å². The molecule has 0 spiro atoms. The van der Waals surface area contributed by atoms with Gasteiger partial charge in [0.15, 0.2) is 6.80 Å². The number of rotatable bonds is 3. The van der Waals surface area contributed by atoms with Gasteiger partial charge in [0.25, 0.3) is 0 Å². The van der Waals surface area contributed by atoms with Crippen molar-refractivity contribution in [1.82, 2.24) is 4.57 Å². The lowest BCUT2D eigenvalue weighted by Gasteiger charge is -1.96. The number of fused-ring (bicyclic) bond motifs is 1. The van der Waals surface area contributed by atoms with Crippen LogP contribution in [0.15, 0.2) is 30.5 Å². The number of halogens is 1. The summed E-state index contributed by atoms with van der Waals surface area (Å²) in [5.74, 6) is 0. The van der Waals surface area contributed by atoms with Crippen molar-refractivity contribution in [3.8, 4) is 0 Å². The Hall–Kier alpha value is -1.35. The van der Waals surface area contributed by atoms with Crippen LogP contribution in [-0.4, -0.2) is 11.1 Å². The van der Waals surface area contributed by atoms with Crippen molar-refractivity contribution in [2.24, 2.45) is 5.73 Å². The quantitative estimate of drug-likeness (QED) is 0.793. The van der Waals surface area contributed by atoms with Gasteiger partial charge in [-0.15, -0.1) is 0 Å². The first-order valence-electron chi connectivity index (χ1n) is 4.69. The third-order valence-electron chi connectivity index (χ3n) is 2.41.